The van der Waals surface area contributed by atoms with Crippen LogP contribution in [0.25, 0.3) is 0 Å². The fourth-order valence-corrected chi connectivity index (χ4v) is 4.00. The fraction of sp³-hybridized carbons (Fsp3) is 0.267. The molecule has 4 amide bonds. The number of nitrogens with two attached hydrogens (primary N) is 2. The second kappa shape index (κ2) is 17.8. The maximum absolute atomic E-state index is 12.7. The predicted octanol–water partition coefficient (Wildman–Crippen LogP) is 2.28. The molecule has 0 saturated heterocycles. The van der Waals surface area contributed by atoms with Gasteiger partial charge in [0.15, 0.2) is 23.0 Å². The molecule has 0 saturated carbocycles. The zero-order valence-electron chi connectivity index (χ0n) is 27.1. The molecule has 0 atom stereocenters. The fourth-order valence-electron chi connectivity index (χ4n) is 4.00. The molecular formula is C30H28F6N6O12. The highest BCUT2D eigenvalue weighted by atomic mass is 19.4. The zero-order chi connectivity index (χ0) is 40.4. The van der Waals surface area contributed by atoms with E-state index in [9.17, 15) is 45.5 Å². The van der Waals surface area contributed by atoms with Crippen LogP contribution >= 0.6 is 0 Å². The highest BCUT2D eigenvalue weighted by Gasteiger charge is 2.39. The van der Waals surface area contributed by atoms with Gasteiger partial charge in [0.2, 0.25) is 0 Å². The molecule has 0 unspecified atom stereocenters. The number of nitrogens with one attached hydrogen (secondary N) is 4. The molecule has 0 fully saturated rings. The Morgan fingerprint density at radius 2 is 0.852 bits per heavy atom. The van der Waals surface area contributed by atoms with Crippen LogP contribution in [0.4, 0.5) is 26.3 Å². The second-order valence-corrected chi connectivity index (χ2v) is 10.4. The Morgan fingerprint density at radius 1 is 0.556 bits per heavy atom. The molecule has 4 aromatic rings. The van der Waals surface area contributed by atoms with E-state index in [1.54, 1.807) is 12.1 Å². The van der Waals surface area contributed by atoms with E-state index in [0.29, 0.717) is 34.2 Å². The number of alkyl halides is 6. The molecule has 54 heavy (non-hydrogen) atoms. The minimum Gasteiger partial charge on any atom is -0.475 e. The third-order valence-electron chi connectivity index (χ3n) is 6.60. The number of fused-ring (bicyclic) bond motifs is 8. The van der Waals surface area contributed by atoms with Gasteiger partial charge in [0.25, 0.3) is 23.6 Å². The Morgan fingerprint density at radius 3 is 1.15 bits per heavy atom. The Balaban J connectivity index is 0.000000476. The second-order valence-electron chi connectivity index (χ2n) is 10.4. The molecule has 1 aliphatic rings. The van der Waals surface area contributed by atoms with Crippen molar-refractivity contribution < 1.29 is 83.0 Å². The highest BCUT2D eigenvalue weighted by Crippen LogP contribution is 2.19. The number of furan rings is 4. The van der Waals surface area contributed by atoms with Crippen molar-refractivity contribution in [2.75, 3.05) is 0 Å². The highest BCUT2D eigenvalue weighted by molar-refractivity contribution is 5.93. The standard InChI is InChI=1S/C26H26N6O8.2C2HF3O2/c27-7-13-5-19-25(35)29-9-15-1-3-17(37-15)23(33)31-11-21-14(8-28)6-20(40-21)26(36)30-10-16-2-4-18(38-16)24(34)32-12-22(13)39-19;2*3-2(4,5)1(6)7/h1-6H,7-12,27-28H2,(H,29,35)(H,30,36)(H,31,33)(H,32,34);2*(H,6,7). The van der Waals surface area contributed by atoms with Gasteiger partial charge in [0.1, 0.15) is 23.0 Å². The van der Waals surface area contributed by atoms with Gasteiger partial charge in [0, 0.05) is 24.2 Å². The number of aliphatic carboxylic acids is 2. The summed E-state index contributed by atoms with van der Waals surface area (Å²) in [5.74, 6) is -6.38. The summed E-state index contributed by atoms with van der Waals surface area (Å²) in [6.45, 7) is 0.0101. The summed E-state index contributed by atoms with van der Waals surface area (Å²) >= 11 is 0. The normalized spacial score (nSPS) is 14.1. The average molecular weight is 779 g/mol. The van der Waals surface area contributed by atoms with Crippen LogP contribution in [0.3, 0.4) is 0 Å². The van der Waals surface area contributed by atoms with E-state index < -0.39 is 47.9 Å². The van der Waals surface area contributed by atoms with Gasteiger partial charge in [-0.2, -0.15) is 26.3 Å². The van der Waals surface area contributed by atoms with E-state index in [1.807, 2.05) is 0 Å². The van der Waals surface area contributed by atoms with Gasteiger partial charge in [-0.1, -0.05) is 0 Å². The molecule has 4 aromatic heterocycles. The predicted molar refractivity (Wildman–Crippen MR) is 163 cm³/mol. The summed E-state index contributed by atoms with van der Waals surface area (Å²) in [4.78, 5) is 68.4. The minimum absolute atomic E-state index is 0.00627. The third-order valence-corrected chi connectivity index (χ3v) is 6.60. The largest absolute Gasteiger partial charge is 0.490 e. The summed E-state index contributed by atoms with van der Waals surface area (Å²) < 4.78 is 85.8. The van der Waals surface area contributed by atoms with Crippen LogP contribution in [0.2, 0.25) is 0 Å². The van der Waals surface area contributed by atoms with Crippen molar-refractivity contribution in [3.8, 4) is 0 Å². The van der Waals surface area contributed by atoms with E-state index in [2.05, 4.69) is 21.3 Å². The van der Waals surface area contributed by atoms with E-state index in [4.69, 9.17) is 48.9 Å². The number of carboxylic acids is 2. The van der Waals surface area contributed by atoms with Crippen molar-refractivity contribution in [1.82, 2.24) is 21.3 Å². The van der Waals surface area contributed by atoms with Gasteiger partial charge < -0.3 is 60.6 Å². The van der Waals surface area contributed by atoms with Crippen molar-refractivity contribution in [1.29, 1.82) is 0 Å². The smallest absolute Gasteiger partial charge is 0.475 e. The van der Waals surface area contributed by atoms with Crippen LogP contribution in [0, 0.1) is 0 Å². The first-order chi connectivity index (χ1) is 25.2. The molecule has 18 nitrogen and oxygen atoms in total. The zero-order valence-corrected chi connectivity index (χ0v) is 27.1. The summed E-state index contributed by atoms with van der Waals surface area (Å²) in [5, 5.41) is 24.9. The van der Waals surface area contributed by atoms with E-state index >= 15 is 0 Å². The molecule has 5 heterocycles. The van der Waals surface area contributed by atoms with Crippen molar-refractivity contribution in [3.05, 3.63) is 93.6 Å². The Hall–Kier alpha value is -6.56. The Kier molecular flexibility index (Phi) is 13.8. The van der Waals surface area contributed by atoms with Crippen molar-refractivity contribution in [2.45, 2.75) is 51.6 Å². The number of hydrogen-bond acceptors (Lipinski definition) is 12. The molecule has 24 heteroatoms. The number of carboxylic acid groups (broad SMARTS) is 2. The maximum atomic E-state index is 12.7. The van der Waals surface area contributed by atoms with Crippen molar-refractivity contribution in [3.63, 3.8) is 0 Å². The molecule has 0 radical (unpaired) electrons. The summed E-state index contributed by atoms with van der Waals surface area (Å²) in [6, 6.07) is 8.99. The Labute approximate surface area is 296 Å². The van der Waals surface area contributed by atoms with Crippen LogP contribution in [-0.2, 0) is 48.9 Å². The van der Waals surface area contributed by atoms with E-state index in [0.717, 1.165) is 0 Å². The van der Waals surface area contributed by atoms with Crippen LogP contribution < -0.4 is 32.7 Å². The molecule has 292 valence electrons. The lowest BCUT2D eigenvalue weighted by atomic mass is 10.2. The van der Waals surface area contributed by atoms with Crippen LogP contribution in [-0.4, -0.2) is 58.1 Å². The van der Waals surface area contributed by atoms with Gasteiger partial charge >= 0.3 is 24.3 Å². The lowest BCUT2D eigenvalue weighted by Crippen LogP contribution is -2.24. The number of hydrogen-bond donors (Lipinski definition) is 8. The first-order valence-electron chi connectivity index (χ1n) is 14.8. The average Bonchev–Trinajstić information content (AvgIpc) is 3.93. The SMILES string of the molecule is NCc1cc2oc1CNC(=O)c1ccc(o1)CNC(=O)c1cc(CN)c(o1)CNC(=O)c1ccc(o1)CNC2=O.O=C(O)C(F)(F)F.O=C(O)C(F)(F)F. The van der Waals surface area contributed by atoms with Crippen molar-refractivity contribution in [2.24, 2.45) is 11.5 Å². The van der Waals surface area contributed by atoms with Gasteiger partial charge in [0.05, 0.1) is 26.2 Å². The molecule has 1 aliphatic heterocycles. The van der Waals surface area contributed by atoms with Gasteiger partial charge in [-0.3, -0.25) is 19.2 Å². The molecule has 5 rings (SSSR count). The Bertz CT molecular complexity index is 1850. The monoisotopic (exact) mass is 778 g/mol. The molecule has 10 N–H and O–H groups in total. The van der Waals surface area contributed by atoms with Gasteiger partial charge in [-0.05, 0) is 36.4 Å². The number of carbonyl (C=O) groups is 6. The van der Waals surface area contributed by atoms with Crippen LogP contribution in [0.5, 0.6) is 0 Å². The number of halogens is 6. The first kappa shape index (κ1) is 41.9. The minimum atomic E-state index is -5.08. The lowest BCUT2D eigenvalue weighted by molar-refractivity contribution is -0.193. The molecule has 8 bridgehead atoms. The quantitative estimate of drug-likeness (QED) is 0.136. The summed E-state index contributed by atoms with van der Waals surface area (Å²) in [5.41, 5.74) is 12.6. The number of amides is 4. The van der Waals surface area contributed by atoms with E-state index in [-0.39, 0.29) is 62.3 Å². The van der Waals surface area contributed by atoms with Crippen molar-refractivity contribution >= 4 is 35.6 Å². The van der Waals surface area contributed by atoms with E-state index in [1.165, 1.54) is 24.3 Å². The number of carbonyl (C=O) groups excluding carboxylic acids is 4. The summed E-state index contributed by atoms with van der Waals surface area (Å²) in [7, 11) is 0. The molecular weight excluding hydrogens is 750 g/mol. The molecule has 0 spiro atoms. The van der Waals surface area contributed by atoms with Crippen LogP contribution in [0.1, 0.15) is 76.4 Å². The molecule has 0 aromatic carbocycles. The summed E-state index contributed by atoms with van der Waals surface area (Å²) in [6.07, 6.45) is -10.2. The topological polar surface area (TPSA) is 296 Å². The number of rotatable bonds is 2. The third kappa shape index (κ3) is 11.7. The maximum Gasteiger partial charge on any atom is 0.490 e. The van der Waals surface area contributed by atoms with Crippen LogP contribution in [0.15, 0.2) is 54.1 Å². The van der Waals surface area contributed by atoms with Gasteiger partial charge in [-0.15, -0.1) is 0 Å². The first-order valence-corrected chi connectivity index (χ1v) is 14.8. The van der Waals surface area contributed by atoms with Gasteiger partial charge in [-0.25, -0.2) is 9.59 Å². The lowest BCUT2D eigenvalue weighted by Gasteiger charge is -2.04. The molecule has 0 aliphatic carbocycles.